The minimum atomic E-state index is -0.00730. The van der Waals surface area contributed by atoms with Crippen LogP contribution in [0.2, 0.25) is 0 Å². The molecule has 2 aromatic rings. The fraction of sp³-hybridized carbons (Fsp3) is 0.714. The van der Waals surface area contributed by atoms with Crippen molar-refractivity contribution in [1.29, 1.82) is 0 Å². The van der Waals surface area contributed by atoms with Crippen molar-refractivity contribution in [3.8, 4) is 0 Å². The predicted molar refractivity (Wildman–Crippen MR) is 112 cm³/mol. The molecule has 29 heavy (non-hydrogen) atoms. The third-order valence-corrected chi connectivity index (χ3v) is 6.16. The molecule has 158 valence electrons. The first-order valence-electron chi connectivity index (χ1n) is 11.0. The molecular formula is C21H32N6O2. The number of hydrogen-bond acceptors (Lipinski definition) is 7. The molecule has 0 aliphatic carbocycles. The van der Waals surface area contributed by atoms with Crippen molar-refractivity contribution in [2.45, 2.75) is 51.9 Å². The van der Waals surface area contributed by atoms with E-state index in [2.05, 4.69) is 30.2 Å². The van der Waals surface area contributed by atoms with Crippen molar-refractivity contribution in [3.05, 3.63) is 12.0 Å². The maximum absolute atomic E-state index is 12.7. The fourth-order valence-corrected chi connectivity index (χ4v) is 4.55. The lowest BCUT2D eigenvalue weighted by molar-refractivity contribution is -0.125. The Bertz CT molecular complexity index is 815. The number of nitrogens with zero attached hydrogens (tertiary/aromatic N) is 5. The Morgan fingerprint density at radius 1 is 1.17 bits per heavy atom. The highest BCUT2D eigenvalue weighted by molar-refractivity contribution is 5.88. The highest BCUT2D eigenvalue weighted by atomic mass is 16.5. The van der Waals surface area contributed by atoms with Gasteiger partial charge in [0, 0.05) is 19.6 Å². The van der Waals surface area contributed by atoms with Crippen molar-refractivity contribution in [2.24, 2.45) is 5.92 Å². The first kappa shape index (κ1) is 20.1. The van der Waals surface area contributed by atoms with Crippen LogP contribution in [-0.4, -0.2) is 65.2 Å². The van der Waals surface area contributed by atoms with Gasteiger partial charge in [0.1, 0.15) is 17.5 Å². The maximum Gasteiger partial charge on any atom is 0.263 e. The second kappa shape index (κ2) is 9.52. The first-order valence-corrected chi connectivity index (χ1v) is 11.0. The molecular weight excluding hydrogens is 368 g/mol. The minimum absolute atomic E-state index is 0.00730. The summed E-state index contributed by atoms with van der Waals surface area (Å²) in [5.74, 6) is 0.984. The molecule has 1 amide bonds. The Balaban J connectivity index is 1.29. The summed E-state index contributed by atoms with van der Waals surface area (Å²) in [4.78, 5) is 26.1. The summed E-state index contributed by atoms with van der Waals surface area (Å²) in [5.41, 5.74) is 1.29. The minimum Gasteiger partial charge on any atom is -0.356 e. The Hall–Kier alpha value is -2.22. The van der Waals surface area contributed by atoms with Gasteiger partial charge < -0.3 is 19.6 Å². The topological polar surface area (TPSA) is 87.4 Å². The average molecular weight is 401 g/mol. The van der Waals surface area contributed by atoms with Gasteiger partial charge in [0.15, 0.2) is 0 Å². The molecule has 1 N–H and O–H groups in total. The van der Waals surface area contributed by atoms with Crippen LogP contribution in [0.25, 0.3) is 11.1 Å². The van der Waals surface area contributed by atoms with E-state index in [1.165, 1.54) is 45.1 Å². The number of fused-ring (bicyclic) bond motifs is 1. The number of nitrogens with one attached hydrogen (secondary N) is 1. The molecule has 1 unspecified atom stereocenters. The van der Waals surface area contributed by atoms with Gasteiger partial charge in [-0.15, -0.1) is 0 Å². The number of aromatic nitrogens is 3. The predicted octanol–water partition coefficient (Wildman–Crippen LogP) is 2.52. The van der Waals surface area contributed by atoms with Gasteiger partial charge in [-0.2, -0.15) is 4.98 Å². The van der Waals surface area contributed by atoms with Crippen LogP contribution >= 0.6 is 0 Å². The number of rotatable bonds is 6. The van der Waals surface area contributed by atoms with Crippen LogP contribution < -0.4 is 10.2 Å². The van der Waals surface area contributed by atoms with Crippen molar-refractivity contribution in [3.63, 3.8) is 0 Å². The van der Waals surface area contributed by atoms with Crippen molar-refractivity contribution >= 4 is 22.8 Å². The van der Waals surface area contributed by atoms with Crippen molar-refractivity contribution in [2.75, 3.05) is 44.2 Å². The number of carbonyl (C=O) groups excluding carboxylic acids is 1. The zero-order valence-corrected chi connectivity index (χ0v) is 17.4. The summed E-state index contributed by atoms with van der Waals surface area (Å²) in [6, 6.07) is 0. The van der Waals surface area contributed by atoms with E-state index in [1.54, 1.807) is 0 Å². The standard InChI is InChI=1S/C21H32N6O2/c1-16-18-19(23-15-24-21(18)29-25-16)27-13-6-8-17(14-27)20(28)22-9-7-12-26-10-4-2-3-5-11-26/h15,17H,2-14H2,1H3,(H,22,28). The summed E-state index contributed by atoms with van der Waals surface area (Å²) in [5, 5.41) is 8.03. The molecule has 8 nitrogen and oxygen atoms in total. The van der Waals surface area contributed by atoms with Gasteiger partial charge >= 0.3 is 0 Å². The summed E-state index contributed by atoms with van der Waals surface area (Å²) in [7, 11) is 0. The molecule has 2 saturated heterocycles. The Labute approximate surface area is 172 Å². The van der Waals surface area contributed by atoms with Gasteiger partial charge in [-0.1, -0.05) is 18.0 Å². The second-order valence-electron chi connectivity index (χ2n) is 8.33. The zero-order chi connectivity index (χ0) is 20.1. The molecule has 0 aromatic carbocycles. The molecule has 4 rings (SSSR count). The summed E-state index contributed by atoms with van der Waals surface area (Å²) < 4.78 is 5.27. The van der Waals surface area contributed by atoms with Crippen LogP contribution in [0.4, 0.5) is 5.82 Å². The van der Waals surface area contributed by atoms with E-state index in [-0.39, 0.29) is 11.8 Å². The van der Waals surface area contributed by atoms with E-state index in [4.69, 9.17) is 4.52 Å². The summed E-state index contributed by atoms with van der Waals surface area (Å²) in [6.07, 6.45) is 9.77. The molecule has 0 radical (unpaired) electrons. The lowest BCUT2D eigenvalue weighted by Gasteiger charge is -2.33. The quantitative estimate of drug-likeness (QED) is 0.746. The van der Waals surface area contributed by atoms with Gasteiger partial charge in [0.2, 0.25) is 5.91 Å². The molecule has 2 aliphatic heterocycles. The number of anilines is 1. The third kappa shape index (κ3) is 4.86. The third-order valence-electron chi connectivity index (χ3n) is 6.16. The number of piperidine rings is 1. The molecule has 0 bridgehead atoms. The molecule has 2 aromatic heterocycles. The van der Waals surface area contributed by atoms with E-state index in [1.807, 2.05) is 6.92 Å². The lowest BCUT2D eigenvalue weighted by atomic mass is 9.97. The van der Waals surface area contributed by atoms with Gasteiger partial charge in [-0.05, 0) is 58.7 Å². The number of aryl methyl sites for hydroxylation is 1. The normalized spacial score (nSPS) is 21.3. The maximum atomic E-state index is 12.7. The van der Waals surface area contributed by atoms with E-state index >= 15 is 0 Å². The number of hydrogen-bond donors (Lipinski definition) is 1. The lowest BCUT2D eigenvalue weighted by Crippen LogP contribution is -2.44. The average Bonchev–Trinajstić information content (AvgIpc) is 2.96. The molecule has 2 fully saturated rings. The Kier molecular flexibility index (Phi) is 6.59. The molecule has 1 atom stereocenters. The van der Waals surface area contributed by atoms with Crippen LogP contribution in [-0.2, 0) is 4.79 Å². The largest absolute Gasteiger partial charge is 0.356 e. The van der Waals surface area contributed by atoms with Crippen LogP contribution in [0.15, 0.2) is 10.9 Å². The highest BCUT2D eigenvalue weighted by Gasteiger charge is 2.28. The monoisotopic (exact) mass is 400 g/mol. The van der Waals surface area contributed by atoms with Gasteiger partial charge in [-0.25, -0.2) is 4.98 Å². The number of likely N-dealkylation sites (tertiary alicyclic amines) is 1. The smallest absolute Gasteiger partial charge is 0.263 e. The van der Waals surface area contributed by atoms with Gasteiger partial charge in [0.25, 0.3) is 5.71 Å². The molecule has 8 heteroatoms. The fourth-order valence-electron chi connectivity index (χ4n) is 4.55. The van der Waals surface area contributed by atoms with E-state index in [0.29, 0.717) is 12.3 Å². The Morgan fingerprint density at radius 2 is 2.00 bits per heavy atom. The van der Waals surface area contributed by atoms with Crippen LogP contribution in [0.3, 0.4) is 0 Å². The van der Waals surface area contributed by atoms with Crippen molar-refractivity contribution in [1.82, 2.24) is 25.3 Å². The molecule has 0 spiro atoms. The first-order chi connectivity index (χ1) is 14.2. The second-order valence-corrected chi connectivity index (χ2v) is 8.33. The number of carbonyl (C=O) groups is 1. The number of amides is 1. The van der Waals surface area contributed by atoms with E-state index in [9.17, 15) is 4.79 Å². The summed E-state index contributed by atoms with van der Waals surface area (Å²) in [6.45, 7) is 7.72. The van der Waals surface area contributed by atoms with Gasteiger partial charge in [-0.3, -0.25) is 4.79 Å². The SMILES string of the molecule is Cc1noc2ncnc(N3CCCC(C(=O)NCCCN4CCCCCC4)C3)c12. The van der Waals surface area contributed by atoms with Crippen LogP contribution in [0.5, 0.6) is 0 Å². The zero-order valence-electron chi connectivity index (χ0n) is 17.4. The molecule has 0 saturated carbocycles. The van der Waals surface area contributed by atoms with Crippen LogP contribution in [0.1, 0.15) is 50.6 Å². The van der Waals surface area contributed by atoms with E-state index < -0.39 is 0 Å². The molecule has 2 aliphatic rings. The van der Waals surface area contributed by atoms with Crippen molar-refractivity contribution < 1.29 is 9.32 Å². The highest BCUT2D eigenvalue weighted by Crippen LogP contribution is 2.29. The van der Waals surface area contributed by atoms with E-state index in [0.717, 1.165) is 55.8 Å². The Morgan fingerprint density at radius 3 is 2.83 bits per heavy atom. The summed E-state index contributed by atoms with van der Waals surface area (Å²) >= 11 is 0. The van der Waals surface area contributed by atoms with Gasteiger partial charge in [0.05, 0.1) is 11.6 Å². The molecule has 4 heterocycles. The van der Waals surface area contributed by atoms with Crippen LogP contribution in [0, 0.1) is 12.8 Å².